The van der Waals surface area contributed by atoms with E-state index in [1.807, 2.05) is 0 Å². The fourth-order valence-electron chi connectivity index (χ4n) is 6.96. The maximum absolute atomic E-state index is 10.5. The molecule has 5 aliphatic rings. The van der Waals surface area contributed by atoms with Crippen LogP contribution in [0.25, 0.3) is 0 Å². The zero-order valence-electron chi connectivity index (χ0n) is 14.3. The lowest BCUT2D eigenvalue weighted by Gasteiger charge is -2.53. The van der Waals surface area contributed by atoms with Crippen LogP contribution in [-0.2, 0) is 9.47 Å². The molecule has 1 saturated heterocycles. The van der Waals surface area contributed by atoms with E-state index in [0.717, 1.165) is 56.1 Å². The summed E-state index contributed by atoms with van der Waals surface area (Å²) >= 11 is 0. The normalized spacial score (nSPS) is 51.0. The van der Waals surface area contributed by atoms with E-state index >= 15 is 0 Å². The molecule has 1 N–H and O–H groups in total. The number of rotatable bonds is 0. The highest BCUT2D eigenvalue weighted by Crippen LogP contribution is 2.62. The van der Waals surface area contributed by atoms with Crippen LogP contribution >= 0.6 is 0 Å². The van der Waals surface area contributed by atoms with Crippen LogP contribution in [0.15, 0.2) is 11.6 Å². The third kappa shape index (κ3) is 2.06. The van der Waals surface area contributed by atoms with Crippen molar-refractivity contribution >= 4 is 0 Å². The first kappa shape index (κ1) is 14.9. The zero-order chi connectivity index (χ0) is 15.7. The molecule has 1 aliphatic heterocycles. The second-order valence-corrected chi connectivity index (χ2v) is 9.02. The lowest BCUT2D eigenvalue weighted by atomic mass is 9.52. The molecule has 0 bridgehead atoms. The molecule has 3 nitrogen and oxygen atoms in total. The first-order chi connectivity index (χ1) is 11.1. The molecular formula is C20H30O3. The van der Waals surface area contributed by atoms with Crippen molar-refractivity contribution in [3.8, 4) is 0 Å². The second-order valence-electron chi connectivity index (χ2n) is 9.02. The number of hydrogen-bond acceptors (Lipinski definition) is 3. The van der Waals surface area contributed by atoms with E-state index in [1.165, 1.54) is 32.1 Å². The summed E-state index contributed by atoms with van der Waals surface area (Å²) in [6.45, 7) is 3.89. The molecule has 3 saturated carbocycles. The van der Waals surface area contributed by atoms with E-state index in [-0.39, 0.29) is 17.3 Å². The molecule has 3 heteroatoms. The van der Waals surface area contributed by atoms with Crippen LogP contribution in [0, 0.1) is 29.1 Å². The second kappa shape index (κ2) is 5.06. The number of allylic oxidation sites excluding steroid dienone is 1. The Labute approximate surface area is 139 Å². The summed E-state index contributed by atoms with van der Waals surface area (Å²) in [4.78, 5) is 0. The Morgan fingerprint density at radius 1 is 1.04 bits per heavy atom. The Bertz CT molecular complexity index is 521. The van der Waals surface area contributed by atoms with Crippen molar-refractivity contribution in [3.05, 3.63) is 11.6 Å². The van der Waals surface area contributed by atoms with Gasteiger partial charge in [-0.05, 0) is 67.6 Å². The van der Waals surface area contributed by atoms with Crippen molar-refractivity contribution in [3.63, 3.8) is 0 Å². The Kier molecular flexibility index (Phi) is 3.28. The van der Waals surface area contributed by atoms with Gasteiger partial charge in [0.15, 0.2) is 5.79 Å². The Morgan fingerprint density at radius 3 is 2.70 bits per heavy atom. The summed E-state index contributed by atoms with van der Waals surface area (Å²) < 4.78 is 11.9. The monoisotopic (exact) mass is 318 g/mol. The van der Waals surface area contributed by atoms with Crippen LogP contribution in [0.1, 0.15) is 58.3 Å². The molecule has 128 valence electrons. The van der Waals surface area contributed by atoms with E-state index in [0.29, 0.717) is 0 Å². The van der Waals surface area contributed by atoms with Gasteiger partial charge in [-0.1, -0.05) is 18.6 Å². The lowest BCUT2D eigenvalue weighted by molar-refractivity contribution is -0.176. The minimum absolute atomic E-state index is 0.0614. The Balaban J connectivity index is 1.41. The van der Waals surface area contributed by atoms with E-state index in [2.05, 4.69) is 13.0 Å². The molecule has 4 fully saturated rings. The van der Waals surface area contributed by atoms with Gasteiger partial charge in [0, 0.05) is 12.8 Å². The number of fused-ring (bicyclic) bond motifs is 5. The van der Waals surface area contributed by atoms with Crippen molar-refractivity contribution < 1.29 is 14.6 Å². The maximum Gasteiger partial charge on any atom is 0.172 e. The summed E-state index contributed by atoms with van der Waals surface area (Å²) in [5, 5.41) is 10.5. The Hall–Kier alpha value is -0.380. The number of aliphatic hydroxyl groups excluding tert-OH is 1. The van der Waals surface area contributed by atoms with Gasteiger partial charge in [-0.2, -0.15) is 0 Å². The number of hydrogen-bond donors (Lipinski definition) is 1. The van der Waals surface area contributed by atoms with E-state index in [9.17, 15) is 5.11 Å². The molecule has 0 amide bonds. The lowest BCUT2D eigenvalue weighted by Crippen LogP contribution is -2.48. The summed E-state index contributed by atoms with van der Waals surface area (Å²) in [6, 6.07) is 0. The molecule has 5 rings (SSSR count). The third-order valence-corrected chi connectivity index (χ3v) is 8.21. The van der Waals surface area contributed by atoms with Crippen molar-refractivity contribution in [2.24, 2.45) is 29.1 Å². The molecule has 0 radical (unpaired) electrons. The fourth-order valence-corrected chi connectivity index (χ4v) is 6.96. The molecule has 0 aromatic carbocycles. The highest BCUT2D eigenvalue weighted by atomic mass is 16.7. The van der Waals surface area contributed by atoms with Crippen LogP contribution in [0.2, 0.25) is 0 Å². The topological polar surface area (TPSA) is 38.7 Å². The largest absolute Gasteiger partial charge is 0.393 e. The van der Waals surface area contributed by atoms with Gasteiger partial charge in [0.1, 0.15) is 0 Å². The first-order valence-electron chi connectivity index (χ1n) is 9.76. The van der Waals surface area contributed by atoms with Gasteiger partial charge in [0.25, 0.3) is 0 Å². The predicted molar refractivity (Wildman–Crippen MR) is 87.7 cm³/mol. The molecule has 1 heterocycles. The third-order valence-electron chi connectivity index (χ3n) is 8.21. The molecule has 23 heavy (non-hydrogen) atoms. The van der Waals surface area contributed by atoms with Gasteiger partial charge >= 0.3 is 0 Å². The SMILES string of the molecule is C[C@]12CC[C@H]3[C@@H](CC=C4CC5(CC[C@@H]43)OCCO5)[C@@H]1CC[C@@H]2O. The maximum atomic E-state index is 10.5. The smallest absolute Gasteiger partial charge is 0.172 e. The highest BCUT2D eigenvalue weighted by Gasteiger charge is 2.56. The van der Waals surface area contributed by atoms with Crippen LogP contribution in [-0.4, -0.2) is 30.2 Å². The minimum Gasteiger partial charge on any atom is -0.393 e. The van der Waals surface area contributed by atoms with Crippen LogP contribution in [0.4, 0.5) is 0 Å². The highest BCUT2D eigenvalue weighted by molar-refractivity contribution is 5.21. The van der Waals surface area contributed by atoms with Crippen molar-refractivity contribution in [1.82, 2.24) is 0 Å². The molecule has 1 spiro atoms. The summed E-state index contributed by atoms with van der Waals surface area (Å²) in [6.07, 6.45) is 11.8. The summed E-state index contributed by atoms with van der Waals surface area (Å²) in [5.74, 6) is 2.87. The van der Waals surface area contributed by atoms with Crippen molar-refractivity contribution in [2.45, 2.75) is 70.2 Å². The van der Waals surface area contributed by atoms with Gasteiger partial charge in [-0.15, -0.1) is 0 Å². The average molecular weight is 318 g/mol. The van der Waals surface area contributed by atoms with Crippen LogP contribution in [0.3, 0.4) is 0 Å². The van der Waals surface area contributed by atoms with Gasteiger partial charge in [0.05, 0.1) is 19.3 Å². The summed E-state index contributed by atoms with van der Waals surface area (Å²) in [5.41, 5.74) is 1.82. The van der Waals surface area contributed by atoms with E-state index < -0.39 is 0 Å². The number of aliphatic hydroxyl groups is 1. The van der Waals surface area contributed by atoms with Crippen LogP contribution < -0.4 is 0 Å². The van der Waals surface area contributed by atoms with Crippen molar-refractivity contribution in [1.29, 1.82) is 0 Å². The fraction of sp³-hybridized carbons (Fsp3) is 0.900. The van der Waals surface area contributed by atoms with Gasteiger partial charge < -0.3 is 14.6 Å². The molecule has 0 aromatic heterocycles. The summed E-state index contributed by atoms with van der Waals surface area (Å²) in [7, 11) is 0. The van der Waals surface area contributed by atoms with E-state index in [1.54, 1.807) is 5.57 Å². The predicted octanol–water partition coefficient (Wildman–Crippen LogP) is 3.66. The zero-order valence-corrected chi connectivity index (χ0v) is 14.3. The molecule has 0 unspecified atom stereocenters. The average Bonchev–Trinajstić information content (AvgIpc) is 3.12. The molecule has 0 aromatic rings. The van der Waals surface area contributed by atoms with E-state index in [4.69, 9.17) is 9.47 Å². The first-order valence-corrected chi connectivity index (χ1v) is 9.76. The molecular weight excluding hydrogens is 288 g/mol. The minimum atomic E-state index is -0.276. The Morgan fingerprint density at radius 2 is 1.87 bits per heavy atom. The van der Waals surface area contributed by atoms with Gasteiger partial charge in [0.2, 0.25) is 0 Å². The standard InChI is InChI=1S/C20H30O3/c1-19-8-6-15-14-7-9-20(22-10-11-23-20)12-13(14)2-3-16(15)17(19)4-5-18(19)21/h2,14-18,21H,3-12H2,1H3/t14-,15+,16+,17-,18-,19-/m0/s1. The van der Waals surface area contributed by atoms with Gasteiger partial charge in [-0.25, -0.2) is 0 Å². The number of ether oxygens (including phenoxy) is 2. The van der Waals surface area contributed by atoms with Crippen molar-refractivity contribution in [2.75, 3.05) is 13.2 Å². The molecule has 4 aliphatic carbocycles. The van der Waals surface area contributed by atoms with Gasteiger partial charge in [-0.3, -0.25) is 0 Å². The van der Waals surface area contributed by atoms with Crippen LogP contribution in [0.5, 0.6) is 0 Å². The quantitative estimate of drug-likeness (QED) is 0.693. The molecule has 6 atom stereocenters.